The summed E-state index contributed by atoms with van der Waals surface area (Å²) in [5.74, 6) is 0.975. The minimum absolute atomic E-state index is 0.139. The number of likely N-dealkylation sites (N-methyl/N-ethyl adjacent to an activating group) is 1. The van der Waals surface area contributed by atoms with Crippen LogP contribution in [-0.2, 0) is 10.0 Å². The number of pyridine rings is 1. The van der Waals surface area contributed by atoms with Gasteiger partial charge in [-0.3, -0.25) is 0 Å². The topological polar surface area (TPSA) is 56.8 Å². The minimum Gasteiger partial charge on any atom is -0.354 e. The minimum atomic E-state index is -3.50. The second-order valence-corrected chi connectivity index (χ2v) is 9.72. The zero-order valence-corrected chi connectivity index (χ0v) is 17.4. The lowest BCUT2D eigenvalue weighted by atomic mass is 10.1. The van der Waals surface area contributed by atoms with Crippen molar-refractivity contribution in [3.8, 4) is 0 Å². The second-order valence-electron chi connectivity index (χ2n) is 7.83. The molecule has 28 heavy (non-hydrogen) atoms. The van der Waals surface area contributed by atoms with E-state index in [-0.39, 0.29) is 6.04 Å². The average Bonchev–Trinajstić information content (AvgIpc) is 3.20. The van der Waals surface area contributed by atoms with E-state index in [1.807, 2.05) is 37.4 Å². The lowest BCUT2D eigenvalue weighted by Crippen LogP contribution is -2.44. The van der Waals surface area contributed by atoms with Crippen LogP contribution in [0.4, 0.5) is 5.82 Å². The van der Waals surface area contributed by atoms with Gasteiger partial charge in [-0.15, -0.1) is 0 Å². The number of hydrogen-bond donors (Lipinski definition) is 0. The third-order valence-corrected chi connectivity index (χ3v) is 7.74. The van der Waals surface area contributed by atoms with Crippen molar-refractivity contribution in [3.05, 3.63) is 53.7 Å². The Morgan fingerprint density at radius 1 is 0.964 bits per heavy atom. The van der Waals surface area contributed by atoms with Gasteiger partial charge < -0.3 is 9.80 Å². The molecule has 1 aromatic heterocycles. The van der Waals surface area contributed by atoms with Crippen molar-refractivity contribution >= 4 is 15.8 Å². The quantitative estimate of drug-likeness (QED) is 0.790. The van der Waals surface area contributed by atoms with Crippen LogP contribution in [-0.4, -0.2) is 62.4 Å². The van der Waals surface area contributed by atoms with E-state index in [9.17, 15) is 8.42 Å². The summed E-state index contributed by atoms with van der Waals surface area (Å²) in [6, 6.07) is 11.1. The smallest absolute Gasteiger partial charge is 0.243 e. The van der Waals surface area contributed by atoms with Crippen molar-refractivity contribution in [1.29, 1.82) is 0 Å². The summed E-state index contributed by atoms with van der Waals surface area (Å²) in [4.78, 5) is 9.63. The molecule has 2 aliphatic heterocycles. The Kier molecular flexibility index (Phi) is 5.40. The van der Waals surface area contributed by atoms with E-state index >= 15 is 0 Å². The Balaban J connectivity index is 1.54. The number of nitrogens with zero attached hydrogens (tertiary/aromatic N) is 4. The number of hydrogen-bond acceptors (Lipinski definition) is 5. The van der Waals surface area contributed by atoms with Gasteiger partial charge in [0.25, 0.3) is 0 Å². The van der Waals surface area contributed by atoms with Crippen LogP contribution in [0.1, 0.15) is 30.0 Å². The van der Waals surface area contributed by atoms with Gasteiger partial charge in [0.15, 0.2) is 0 Å². The van der Waals surface area contributed by atoms with Gasteiger partial charge in [0.1, 0.15) is 5.82 Å². The molecule has 6 nitrogen and oxygen atoms in total. The van der Waals surface area contributed by atoms with Crippen LogP contribution in [0.3, 0.4) is 0 Å². The summed E-state index contributed by atoms with van der Waals surface area (Å²) in [5.41, 5.74) is 2.03. The first-order valence-electron chi connectivity index (χ1n) is 9.93. The SMILES string of the molecule is Cc1ccc(S(=O)(=O)N2CCC[C@@H]2c2ccc(N3CCN(C)CC3)nc2)cc1. The number of rotatable bonds is 4. The third-order valence-electron chi connectivity index (χ3n) is 5.81. The molecule has 0 saturated carbocycles. The Hall–Kier alpha value is -1.96. The van der Waals surface area contributed by atoms with Crippen LogP contribution in [0.2, 0.25) is 0 Å². The Bertz CT molecular complexity index is 904. The van der Waals surface area contributed by atoms with Crippen LogP contribution in [0.5, 0.6) is 0 Å². The molecule has 0 aliphatic carbocycles. The number of aryl methyl sites for hydroxylation is 1. The normalized spacial score (nSPS) is 21.9. The van der Waals surface area contributed by atoms with E-state index in [0.29, 0.717) is 11.4 Å². The maximum absolute atomic E-state index is 13.2. The molecule has 4 rings (SSSR count). The van der Waals surface area contributed by atoms with Gasteiger partial charge in [-0.2, -0.15) is 4.31 Å². The third kappa shape index (κ3) is 3.79. The fourth-order valence-corrected chi connectivity index (χ4v) is 5.71. The largest absolute Gasteiger partial charge is 0.354 e. The lowest BCUT2D eigenvalue weighted by Gasteiger charge is -2.33. The first-order valence-corrected chi connectivity index (χ1v) is 11.4. The molecule has 0 spiro atoms. The highest BCUT2D eigenvalue weighted by atomic mass is 32.2. The number of aromatic nitrogens is 1. The van der Waals surface area contributed by atoms with E-state index in [4.69, 9.17) is 0 Å². The van der Waals surface area contributed by atoms with Gasteiger partial charge in [0.05, 0.1) is 10.9 Å². The zero-order valence-electron chi connectivity index (χ0n) is 16.6. The van der Waals surface area contributed by atoms with Crippen molar-refractivity contribution in [1.82, 2.24) is 14.2 Å². The molecule has 3 heterocycles. The number of sulfonamides is 1. The molecule has 2 aromatic rings. The van der Waals surface area contributed by atoms with Gasteiger partial charge >= 0.3 is 0 Å². The maximum Gasteiger partial charge on any atom is 0.243 e. The van der Waals surface area contributed by atoms with Crippen molar-refractivity contribution in [2.45, 2.75) is 30.7 Å². The highest BCUT2D eigenvalue weighted by Crippen LogP contribution is 2.36. The molecule has 0 bridgehead atoms. The van der Waals surface area contributed by atoms with Gasteiger partial charge in [-0.1, -0.05) is 23.8 Å². The van der Waals surface area contributed by atoms with E-state index < -0.39 is 10.0 Å². The molecular formula is C21H28N4O2S. The summed E-state index contributed by atoms with van der Waals surface area (Å²) < 4.78 is 28.0. The van der Waals surface area contributed by atoms with Gasteiger partial charge in [-0.05, 0) is 50.6 Å². The highest BCUT2D eigenvalue weighted by molar-refractivity contribution is 7.89. The molecule has 0 radical (unpaired) electrons. The maximum atomic E-state index is 13.2. The van der Waals surface area contributed by atoms with Gasteiger partial charge in [0.2, 0.25) is 10.0 Å². The monoisotopic (exact) mass is 400 g/mol. The number of anilines is 1. The summed E-state index contributed by atoms with van der Waals surface area (Å²) in [5, 5.41) is 0. The molecule has 150 valence electrons. The van der Waals surface area contributed by atoms with Crippen LogP contribution in [0.25, 0.3) is 0 Å². The predicted octanol–water partition coefficient (Wildman–Crippen LogP) is 2.67. The first kappa shape index (κ1) is 19.4. The summed E-state index contributed by atoms with van der Waals surface area (Å²) >= 11 is 0. The Morgan fingerprint density at radius 3 is 2.32 bits per heavy atom. The predicted molar refractivity (Wildman–Crippen MR) is 111 cm³/mol. The van der Waals surface area contributed by atoms with E-state index in [1.165, 1.54) is 0 Å². The number of benzene rings is 1. The van der Waals surface area contributed by atoms with Crippen molar-refractivity contribution in [2.75, 3.05) is 44.7 Å². The molecule has 0 unspecified atom stereocenters. The molecule has 1 aromatic carbocycles. The Labute approximate surface area is 167 Å². The average molecular weight is 401 g/mol. The standard InChI is InChI=1S/C21H28N4O2S/c1-17-5-8-19(9-6-17)28(26,27)25-11-3-4-20(25)18-7-10-21(22-16-18)24-14-12-23(2)13-15-24/h5-10,16,20H,3-4,11-15H2,1-2H3/t20-/m1/s1. The molecular weight excluding hydrogens is 372 g/mol. The van der Waals surface area contributed by atoms with Gasteiger partial charge in [-0.25, -0.2) is 13.4 Å². The summed E-state index contributed by atoms with van der Waals surface area (Å²) in [7, 11) is -1.36. The summed E-state index contributed by atoms with van der Waals surface area (Å²) in [6.45, 7) is 6.54. The molecule has 0 N–H and O–H groups in total. The molecule has 2 saturated heterocycles. The van der Waals surface area contributed by atoms with Crippen molar-refractivity contribution < 1.29 is 8.42 Å². The van der Waals surface area contributed by atoms with E-state index in [1.54, 1.807) is 16.4 Å². The molecule has 7 heteroatoms. The van der Waals surface area contributed by atoms with Crippen LogP contribution >= 0.6 is 0 Å². The van der Waals surface area contributed by atoms with Crippen LogP contribution in [0, 0.1) is 6.92 Å². The summed E-state index contributed by atoms with van der Waals surface area (Å²) in [6.07, 6.45) is 3.57. The fraction of sp³-hybridized carbons (Fsp3) is 0.476. The first-order chi connectivity index (χ1) is 13.4. The highest BCUT2D eigenvalue weighted by Gasteiger charge is 2.36. The molecule has 0 amide bonds. The van der Waals surface area contributed by atoms with Crippen molar-refractivity contribution in [3.63, 3.8) is 0 Å². The number of piperazine rings is 1. The zero-order chi connectivity index (χ0) is 19.7. The molecule has 2 aliphatic rings. The van der Waals surface area contributed by atoms with Crippen LogP contribution < -0.4 is 4.90 Å². The van der Waals surface area contributed by atoms with E-state index in [0.717, 1.165) is 56.0 Å². The lowest BCUT2D eigenvalue weighted by molar-refractivity contribution is 0.312. The van der Waals surface area contributed by atoms with Crippen LogP contribution in [0.15, 0.2) is 47.5 Å². The van der Waals surface area contributed by atoms with E-state index in [2.05, 4.69) is 21.8 Å². The fourth-order valence-electron chi connectivity index (χ4n) is 4.02. The molecule has 1 atom stereocenters. The molecule has 2 fully saturated rings. The van der Waals surface area contributed by atoms with Gasteiger partial charge in [0, 0.05) is 38.9 Å². The Morgan fingerprint density at radius 2 is 1.68 bits per heavy atom. The second kappa shape index (κ2) is 7.81. The van der Waals surface area contributed by atoms with Crippen molar-refractivity contribution in [2.24, 2.45) is 0 Å².